The number of esters is 1. The number of hydrogen-bond acceptors (Lipinski definition) is 4. The monoisotopic (exact) mass is 376 g/mol. The van der Waals surface area contributed by atoms with Crippen LogP contribution < -0.4 is 0 Å². The molecule has 8 atom stereocenters. The Balaban J connectivity index is 1.69. The number of ether oxygens (including phenoxy) is 2. The molecule has 4 heteroatoms. The van der Waals surface area contributed by atoms with Crippen LogP contribution in [0, 0.1) is 35.0 Å². The number of Topliss-reactive ketones (excluding diaryl/α,β-unsaturated/α-hetero) is 1. The Morgan fingerprint density at radius 1 is 1.19 bits per heavy atom. The van der Waals surface area contributed by atoms with Gasteiger partial charge < -0.3 is 9.47 Å². The van der Waals surface area contributed by atoms with Gasteiger partial charge in [-0.05, 0) is 74.0 Å². The van der Waals surface area contributed by atoms with Crippen LogP contribution in [0.15, 0.2) is 0 Å². The second-order valence-electron chi connectivity index (χ2n) is 10.3. The van der Waals surface area contributed by atoms with E-state index >= 15 is 0 Å². The normalized spacial score (nSPS) is 48.0. The fourth-order valence-electron chi connectivity index (χ4n) is 7.53. The molecule has 4 fully saturated rings. The first-order valence-corrected chi connectivity index (χ1v) is 11.1. The van der Waals surface area contributed by atoms with Gasteiger partial charge in [-0.25, -0.2) is 0 Å². The topological polar surface area (TPSA) is 52.6 Å². The summed E-state index contributed by atoms with van der Waals surface area (Å²) in [5.41, 5.74) is -0.629. The van der Waals surface area contributed by atoms with Crippen molar-refractivity contribution in [2.75, 3.05) is 7.11 Å². The van der Waals surface area contributed by atoms with Crippen LogP contribution in [-0.2, 0) is 19.1 Å². The van der Waals surface area contributed by atoms with Gasteiger partial charge in [-0.2, -0.15) is 0 Å². The van der Waals surface area contributed by atoms with Crippen molar-refractivity contribution in [2.45, 2.75) is 90.3 Å². The van der Waals surface area contributed by atoms with Gasteiger partial charge in [-0.3, -0.25) is 9.59 Å². The van der Waals surface area contributed by atoms with E-state index in [1.807, 2.05) is 6.92 Å². The van der Waals surface area contributed by atoms with Gasteiger partial charge in [-0.1, -0.05) is 27.2 Å². The molecule has 0 radical (unpaired) electrons. The number of methoxy groups -OCH3 is 1. The average molecular weight is 377 g/mol. The molecule has 2 saturated heterocycles. The maximum atomic E-state index is 13.6. The summed E-state index contributed by atoms with van der Waals surface area (Å²) >= 11 is 0. The van der Waals surface area contributed by atoms with E-state index in [-0.39, 0.29) is 29.3 Å². The molecule has 0 aromatic carbocycles. The van der Waals surface area contributed by atoms with Crippen LogP contribution in [0.25, 0.3) is 0 Å². The molecule has 2 heterocycles. The fourth-order valence-corrected chi connectivity index (χ4v) is 7.53. The van der Waals surface area contributed by atoms with Crippen LogP contribution in [0.1, 0.15) is 78.6 Å². The van der Waals surface area contributed by atoms with Crippen molar-refractivity contribution in [3.63, 3.8) is 0 Å². The minimum atomic E-state index is -0.531. The van der Waals surface area contributed by atoms with Gasteiger partial charge >= 0.3 is 5.97 Å². The Kier molecular flexibility index (Phi) is 4.93. The molecular formula is C23H36O4. The van der Waals surface area contributed by atoms with Crippen LogP contribution in [0.2, 0.25) is 0 Å². The third-order valence-corrected chi connectivity index (χ3v) is 8.84. The molecule has 2 aliphatic heterocycles. The smallest absolute Gasteiger partial charge is 0.308 e. The zero-order valence-electron chi connectivity index (χ0n) is 17.5. The Morgan fingerprint density at radius 3 is 2.67 bits per heavy atom. The lowest BCUT2D eigenvalue weighted by Gasteiger charge is -2.57. The first-order valence-electron chi connectivity index (χ1n) is 11.1. The molecule has 2 aliphatic carbocycles. The molecule has 0 amide bonds. The molecule has 0 N–H and O–H groups in total. The minimum Gasteiger partial charge on any atom is -0.469 e. The van der Waals surface area contributed by atoms with Crippen LogP contribution in [0.4, 0.5) is 0 Å². The molecule has 4 nitrogen and oxygen atoms in total. The van der Waals surface area contributed by atoms with E-state index in [4.69, 9.17) is 9.47 Å². The van der Waals surface area contributed by atoms with Crippen molar-refractivity contribution in [1.82, 2.24) is 0 Å². The van der Waals surface area contributed by atoms with Gasteiger partial charge in [-0.15, -0.1) is 0 Å². The molecule has 2 saturated carbocycles. The third kappa shape index (κ3) is 2.89. The highest BCUT2D eigenvalue weighted by atomic mass is 16.5. The average Bonchev–Trinajstić information content (AvgIpc) is 2.96. The Morgan fingerprint density at radius 2 is 1.93 bits per heavy atom. The van der Waals surface area contributed by atoms with E-state index < -0.39 is 5.60 Å². The highest BCUT2D eigenvalue weighted by molar-refractivity contribution is 5.90. The van der Waals surface area contributed by atoms with Crippen molar-refractivity contribution in [3.8, 4) is 0 Å². The van der Waals surface area contributed by atoms with Crippen molar-refractivity contribution in [1.29, 1.82) is 0 Å². The van der Waals surface area contributed by atoms with Crippen molar-refractivity contribution < 1.29 is 19.1 Å². The Labute approximate surface area is 163 Å². The summed E-state index contributed by atoms with van der Waals surface area (Å²) in [4.78, 5) is 25.9. The van der Waals surface area contributed by atoms with E-state index in [0.717, 1.165) is 44.9 Å². The number of fused-ring (bicyclic) bond motifs is 3. The Bertz CT molecular complexity index is 615. The van der Waals surface area contributed by atoms with Crippen LogP contribution in [0.3, 0.4) is 0 Å². The quantitative estimate of drug-likeness (QED) is 0.664. The lowest BCUT2D eigenvalue weighted by Crippen LogP contribution is -2.62. The van der Waals surface area contributed by atoms with Gasteiger partial charge in [0.15, 0.2) is 5.78 Å². The summed E-state index contributed by atoms with van der Waals surface area (Å²) in [6.45, 7) is 6.61. The van der Waals surface area contributed by atoms with Crippen LogP contribution >= 0.6 is 0 Å². The zero-order chi connectivity index (χ0) is 19.4. The second kappa shape index (κ2) is 6.86. The summed E-state index contributed by atoms with van der Waals surface area (Å²) in [7, 11) is 1.47. The highest BCUT2D eigenvalue weighted by Crippen LogP contribution is 2.64. The maximum absolute atomic E-state index is 13.6. The summed E-state index contributed by atoms with van der Waals surface area (Å²) in [5, 5.41) is 0. The number of carbonyl (C=O) groups excluding carboxylic acids is 2. The lowest BCUT2D eigenvalue weighted by molar-refractivity contribution is -0.213. The van der Waals surface area contributed by atoms with Gasteiger partial charge in [0.1, 0.15) is 5.60 Å². The van der Waals surface area contributed by atoms with Gasteiger partial charge in [0, 0.05) is 6.42 Å². The molecule has 0 aromatic heterocycles. The van der Waals surface area contributed by atoms with Gasteiger partial charge in [0.2, 0.25) is 0 Å². The van der Waals surface area contributed by atoms with E-state index in [2.05, 4.69) is 13.8 Å². The predicted octanol–water partition coefficient (Wildman–Crippen LogP) is 4.54. The van der Waals surface area contributed by atoms with E-state index in [1.165, 1.54) is 13.5 Å². The lowest BCUT2D eigenvalue weighted by atomic mass is 9.52. The van der Waals surface area contributed by atoms with Crippen LogP contribution in [-0.4, -0.2) is 30.6 Å². The van der Waals surface area contributed by atoms with Crippen molar-refractivity contribution in [3.05, 3.63) is 0 Å². The SMILES string of the molecule is COC(=O)[C@@H](C)[C@H]1CC[C@H]2[C@H]3CC[C@H](C)C[C@H]4CCC[C@@]3(O4)C(=O)C[C@@]12C. The number of hydrogen-bond donors (Lipinski definition) is 0. The predicted molar refractivity (Wildman–Crippen MR) is 103 cm³/mol. The first kappa shape index (κ1) is 19.4. The van der Waals surface area contributed by atoms with Crippen molar-refractivity contribution >= 4 is 11.8 Å². The molecule has 4 rings (SSSR count). The summed E-state index contributed by atoms with van der Waals surface area (Å²) < 4.78 is 11.7. The van der Waals surface area contributed by atoms with Gasteiger partial charge in [0.05, 0.1) is 19.1 Å². The molecule has 4 aliphatic rings. The van der Waals surface area contributed by atoms with E-state index in [9.17, 15) is 9.59 Å². The zero-order valence-corrected chi connectivity index (χ0v) is 17.5. The molecule has 2 bridgehead atoms. The minimum absolute atomic E-state index is 0.0979. The number of carbonyl (C=O) groups is 2. The second-order valence-corrected chi connectivity index (χ2v) is 10.3. The first-order chi connectivity index (χ1) is 12.8. The molecule has 0 unspecified atom stereocenters. The largest absolute Gasteiger partial charge is 0.469 e. The Hall–Kier alpha value is -0.900. The molecule has 0 aromatic rings. The standard InChI is InChI=1S/C23H36O4/c1-14-7-8-19-18-10-9-17(15(2)21(25)26-4)22(18,3)13-20(24)23(19)11-5-6-16(12-14)27-23/h14-19H,5-13H2,1-4H3/t14-,15-,16+,17+,18-,19+,22-,23-/m0/s1. The van der Waals surface area contributed by atoms with Crippen LogP contribution in [0.5, 0.6) is 0 Å². The highest BCUT2D eigenvalue weighted by Gasteiger charge is 2.65. The molecular weight excluding hydrogens is 340 g/mol. The van der Waals surface area contributed by atoms with Gasteiger partial charge in [0.25, 0.3) is 0 Å². The van der Waals surface area contributed by atoms with E-state index in [1.54, 1.807) is 0 Å². The van der Waals surface area contributed by atoms with Crippen molar-refractivity contribution in [2.24, 2.45) is 35.0 Å². The molecule has 152 valence electrons. The van der Waals surface area contributed by atoms with E-state index in [0.29, 0.717) is 30.0 Å². The summed E-state index contributed by atoms with van der Waals surface area (Å²) in [6, 6.07) is 0. The maximum Gasteiger partial charge on any atom is 0.308 e. The molecule has 27 heavy (non-hydrogen) atoms. The summed E-state index contributed by atoms with van der Waals surface area (Å²) in [5.74, 6) is 1.77. The number of rotatable bonds is 2. The summed E-state index contributed by atoms with van der Waals surface area (Å²) in [6.07, 6.45) is 9.50. The third-order valence-electron chi connectivity index (χ3n) is 8.84. The fraction of sp³-hybridized carbons (Fsp3) is 0.913. The number of ketones is 1. The molecule has 1 spiro atoms.